The fraction of sp³-hybridized carbons (Fsp3) is 0.412. The molecule has 0 aromatic heterocycles. The highest BCUT2D eigenvalue weighted by Gasteiger charge is 2.32. The van der Waals surface area contributed by atoms with Gasteiger partial charge in [-0.3, -0.25) is 14.8 Å². The number of fused-ring (bicyclic) bond motifs is 1. The molecule has 0 fully saturated rings. The number of likely N-dealkylation sites (N-methyl/N-ethyl adjacent to an activating group) is 1. The minimum absolute atomic E-state index is 0.0349. The molecule has 8 heteroatoms. The summed E-state index contributed by atoms with van der Waals surface area (Å²) in [6.45, 7) is 12.2. The number of nitrogens with one attached hydrogen (secondary N) is 1. The number of rotatable bonds is 3. The molecule has 1 aromatic carbocycles. The van der Waals surface area contributed by atoms with E-state index in [-0.39, 0.29) is 12.5 Å². The maximum atomic E-state index is 12.7. The molecule has 1 aromatic rings. The Bertz CT molecular complexity index is 724. The highest BCUT2D eigenvalue weighted by atomic mass is 16.6. The largest absolute Gasteiger partial charge is 0.489 e. The predicted octanol–water partition coefficient (Wildman–Crippen LogP) is 2.60. The summed E-state index contributed by atoms with van der Waals surface area (Å²) >= 11 is 0. The van der Waals surface area contributed by atoms with E-state index in [2.05, 4.69) is 28.7 Å². The van der Waals surface area contributed by atoms with Crippen molar-refractivity contribution in [3.63, 3.8) is 0 Å². The van der Waals surface area contributed by atoms with Crippen LogP contribution in [0.15, 0.2) is 22.1 Å². The minimum atomic E-state index is -0.882. The standard InChI is InChI=1S/C17H22N4O4/c1-17(2,3)25-16(23)20-12-9-24-14-8-11(19-5)10(18-4)7-13(14)21(6)15(12)22/h7-8,12H,4-5,9H2,1-3,6H3,(H,20,23)/t12-/m0/s1. The summed E-state index contributed by atoms with van der Waals surface area (Å²) < 4.78 is 10.9. The third kappa shape index (κ3) is 4.14. The molecule has 0 saturated carbocycles. The number of amides is 2. The van der Waals surface area contributed by atoms with Gasteiger partial charge in [-0.2, -0.15) is 0 Å². The van der Waals surface area contributed by atoms with Crippen LogP contribution >= 0.6 is 0 Å². The van der Waals surface area contributed by atoms with E-state index in [0.717, 1.165) is 0 Å². The first-order valence-electron chi connectivity index (χ1n) is 7.67. The van der Waals surface area contributed by atoms with Crippen molar-refractivity contribution in [3.05, 3.63) is 12.1 Å². The van der Waals surface area contributed by atoms with Gasteiger partial charge in [0.25, 0.3) is 5.91 Å². The first-order chi connectivity index (χ1) is 11.7. The molecule has 134 valence electrons. The van der Waals surface area contributed by atoms with Gasteiger partial charge in [0.15, 0.2) is 0 Å². The third-order valence-corrected chi connectivity index (χ3v) is 3.48. The summed E-state index contributed by atoms with van der Waals surface area (Å²) in [5.74, 6) is 0.109. The number of alkyl carbamates (subject to hydrolysis) is 1. The van der Waals surface area contributed by atoms with Gasteiger partial charge in [0.05, 0.1) is 17.1 Å². The lowest BCUT2D eigenvalue weighted by Crippen LogP contribution is -2.50. The molecular formula is C17H22N4O4. The summed E-state index contributed by atoms with van der Waals surface area (Å²) in [5, 5.41) is 2.54. The van der Waals surface area contributed by atoms with E-state index in [4.69, 9.17) is 9.47 Å². The number of hydrogen-bond acceptors (Lipinski definition) is 6. The Morgan fingerprint density at radius 3 is 2.48 bits per heavy atom. The van der Waals surface area contributed by atoms with E-state index in [9.17, 15) is 9.59 Å². The van der Waals surface area contributed by atoms with Gasteiger partial charge in [-0.15, -0.1) is 0 Å². The number of ether oxygens (including phenoxy) is 2. The highest BCUT2D eigenvalue weighted by Crippen LogP contribution is 2.40. The van der Waals surface area contributed by atoms with Crippen LogP contribution in [0.1, 0.15) is 20.8 Å². The Kier molecular flexibility index (Phi) is 5.10. The van der Waals surface area contributed by atoms with Gasteiger partial charge in [-0.05, 0) is 40.3 Å². The Morgan fingerprint density at radius 1 is 1.32 bits per heavy atom. The average Bonchev–Trinajstić information content (AvgIpc) is 2.64. The molecular weight excluding hydrogens is 324 g/mol. The van der Waals surface area contributed by atoms with Crippen LogP contribution in [0.25, 0.3) is 0 Å². The predicted molar refractivity (Wildman–Crippen MR) is 96.9 cm³/mol. The Labute approximate surface area is 146 Å². The number of anilines is 1. The smallest absolute Gasteiger partial charge is 0.408 e. The van der Waals surface area contributed by atoms with Crippen molar-refractivity contribution in [3.8, 4) is 5.75 Å². The lowest BCUT2D eigenvalue weighted by atomic mass is 10.2. The molecule has 0 saturated heterocycles. The van der Waals surface area contributed by atoms with Crippen LogP contribution in [0.3, 0.4) is 0 Å². The number of carbonyl (C=O) groups is 2. The zero-order chi connectivity index (χ0) is 18.8. The SMILES string of the molecule is C=Nc1cc2c(cc1N=C)N(C)C(=O)[C@@H](NC(=O)OC(C)(C)C)CO2. The van der Waals surface area contributed by atoms with Crippen LogP contribution in [-0.2, 0) is 9.53 Å². The number of carbonyl (C=O) groups excluding carboxylic acids is 2. The Balaban J connectivity index is 2.27. The summed E-state index contributed by atoms with van der Waals surface area (Å²) in [7, 11) is 1.59. The summed E-state index contributed by atoms with van der Waals surface area (Å²) in [4.78, 5) is 33.8. The van der Waals surface area contributed by atoms with E-state index < -0.39 is 17.7 Å². The minimum Gasteiger partial charge on any atom is -0.489 e. The summed E-state index contributed by atoms with van der Waals surface area (Å²) in [5.41, 5.74) is 0.819. The van der Waals surface area contributed by atoms with Gasteiger partial charge in [-0.1, -0.05) is 0 Å². The second-order valence-corrected chi connectivity index (χ2v) is 6.53. The maximum absolute atomic E-state index is 12.7. The average molecular weight is 346 g/mol. The fourth-order valence-electron chi connectivity index (χ4n) is 2.33. The first kappa shape index (κ1) is 18.4. The normalized spacial score (nSPS) is 17.0. The van der Waals surface area contributed by atoms with Crippen LogP contribution in [0.2, 0.25) is 0 Å². The zero-order valence-corrected chi connectivity index (χ0v) is 14.8. The lowest BCUT2D eigenvalue weighted by Gasteiger charge is -2.23. The van der Waals surface area contributed by atoms with Crippen LogP contribution in [0, 0.1) is 0 Å². The topological polar surface area (TPSA) is 92.6 Å². The number of hydrogen-bond donors (Lipinski definition) is 1. The van der Waals surface area contributed by atoms with Gasteiger partial charge in [0.2, 0.25) is 0 Å². The van der Waals surface area contributed by atoms with Crippen LogP contribution < -0.4 is 15.0 Å². The van der Waals surface area contributed by atoms with Crippen molar-refractivity contribution in [2.75, 3.05) is 18.6 Å². The van der Waals surface area contributed by atoms with E-state index >= 15 is 0 Å². The van der Waals surface area contributed by atoms with Gasteiger partial charge in [-0.25, -0.2) is 4.79 Å². The molecule has 0 unspecified atom stereocenters. The van der Waals surface area contributed by atoms with Crippen molar-refractivity contribution in [2.24, 2.45) is 9.98 Å². The van der Waals surface area contributed by atoms with Crippen LogP contribution in [0.4, 0.5) is 21.9 Å². The second kappa shape index (κ2) is 6.92. The van der Waals surface area contributed by atoms with E-state index in [1.165, 1.54) is 4.90 Å². The number of nitrogens with zero attached hydrogens (tertiary/aromatic N) is 3. The van der Waals surface area contributed by atoms with Gasteiger partial charge >= 0.3 is 6.09 Å². The molecule has 1 aliphatic rings. The van der Waals surface area contributed by atoms with Gasteiger partial charge in [0, 0.05) is 13.1 Å². The van der Waals surface area contributed by atoms with Crippen molar-refractivity contribution in [2.45, 2.75) is 32.4 Å². The Morgan fingerprint density at radius 2 is 1.92 bits per heavy atom. The zero-order valence-electron chi connectivity index (χ0n) is 14.8. The summed E-state index contributed by atoms with van der Waals surface area (Å²) in [6.07, 6.45) is -0.685. The quantitative estimate of drug-likeness (QED) is 0.852. The maximum Gasteiger partial charge on any atom is 0.408 e. The van der Waals surface area contributed by atoms with Crippen molar-refractivity contribution >= 4 is 42.5 Å². The Hall–Kier alpha value is -2.90. The summed E-state index contributed by atoms with van der Waals surface area (Å²) in [6, 6.07) is 2.39. The van der Waals surface area contributed by atoms with Crippen LogP contribution in [-0.4, -0.2) is 50.7 Å². The fourth-order valence-corrected chi connectivity index (χ4v) is 2.33. The molecule has 1 atom stereocenters. The van der Waals surface area contributed by atoms with Crippen LogP contribution in [0.5, 0.6) is 5.75 Å². The van der Waals surface area contributed by atoms with E-state index in [0.29, 0.717) is 22.8 Å². The first-order valence-corrected chi connectivity index (χ1v) is 7.67. The number of aliphatic imine (C=N–C) groups is 2. The molecule has 0 bridgehead atoms. The molecule has 2 amide bonds. The molecule has 1 aliphatic heterocycles. The molecule has 0 radical (unpaired) electrons. The molecule has 25 heavy (non-hydrogen) atoms. The molecule has 0 spiro atoms. The third-order valence-electron chi connectivity index (χ3n) is 3.48. The monoisotopic (exact) mass is 346 g/mol. The van der Waals surface area contributed by atoms with Crippen molar-refractivity contribution < 1.29 is 19.1 Å². The number of benzene rings is 1. The molecule has 2 rings (SSSR count). The lowest BCUT2D eigenvalue weighted by molar-refractivity contribution is -0.120. The van der Waals surface area contributed by atoms with Crippen molar-refractivity contribution in [1.29, 1.82) is 0 Å². The second-order valence-electron chi connectivity index (χ2n) is 6.53. The van der Waals surface area contributed by atoms with Crippen molar-refractivity contribution in [1.82, 2.24) is 5.32 Å². The highest BCUT2D eigenvalue weighted by molar-refractivity contribution is 6.01. The van der Waals surface area contributed by atoms with E-state index in [1.54, 1.807) is 40.0 Å². The molecule has 0 aliphatic carbocycles. The van der Waals surface area contributed by atoms with E-state index in [1.807, 2.05) is 0 Å². The molecule has 8 nitrogen and oxygen atoms in total. The van der Waals surface area contributed by atoms with Gasteiger partial charge in [0.1, 0.15) is 24.0 Å². The van der Waals surface area contributed by atoms with Gasteiger partial charge < -0.3 is 19.7 Å². The molecule has 1 N–H and O–H groups in total. The molecule has 1 heterocycles.